The third-order valence-corrected chi connectivity index (χ3v) is 13.2. The third kappa shape index (κ3) is 65.5. The van der Waals surface area contributed by atoms with Crippen LogP contribution in [-0.4, -0.2) is 37.2 Å². The number of allylic oxidation sites excluding steroid dienone is 28. The van der Waals surface area contributed by atoms with Gasteiger partial charge in [-0.25, -0.2) is 0 Å². The molecule has 0 radical (unpaired) electrons. The van der Waals surface area contributed by atoms with Gasteiger partial charge in [0.2, 0.25) is 0 Å². The van der Waals surface area contributed by atoms with Crippen molar-refractivity contribution in [2.75, 3.05) is 13.2 Å². The largest absolute Gasteiger partial charge is 0.462 e. The van der Waals surface area contributed by atoms with E-state index < -0.39 is 6.10 Å². The summed E-state index contributed by atoms with van der Waals surface area (Å²) >= 11 is 0. The van der Waals surface area contributed by atoms with Crippen LogP contribution in [-0.2, 0) is 28.6 Å². The van der Waals surface area contributed by atoms with E-state index in [-0.39, 0.29) is 44.0 Å². The molecule has 1 unspecified atom stereocenters. The van der Waals surface area contributed by atoms with Crippen molar-refractivity contribution in [3.8, 4) is 0 Å². The molecule has 0 N–H and O–H groups in total. The van der Waals surface area contributed by atoms with E-state index in [1.54, 1.807) is 0 Å². The van der Waals surface area contributed by atoms with E-state index in [1.807, 2.05) is 0 Å². The van der Waals surface area contributed by atoms with Gasteiger partial charge in [0.25, 0.3) is 0 Å². The summed E-state index contributed by atoms with van der Waals surface area (Å²) in [5, 5.41) is 0. The molecule has 6 heteroatoms. The lowest BCUT2D eigenvalue weighted by molar-refractivity contribution is -0.167. The Hall–Kier alpha value is -5.23. The maximum Gasteiger partial charge on any atom is 0.306 e. The molecule has 0 aliphatic carbocycles. The minimum atomic E-state index is -0.821. The van der Waals surface area contributed by atoms with E-state index in [4.69, 9.17) is 14.2 Å². The summed E-state index contributed by atoms with van der Waals surface area (Å²) in [6.45, 7) is 6.34. The second kappa shape index (κ2) is 67.3. The molecule has 6 nitrogen and oxygen atoms in total. The van der Waals surface area contributed by atoms with E-state index >= 15 is 0 Å². The average Bonchev–Trinajstić information content (AvgIpc) is 3.47. The molecule has 0 spiro atoms. The molecule has 0 saturated carbocycles. The smallest absolute Gasteiger partial charge is 0.306 e. The molecule has 0 amide bonds. The van der Waals surface area contributed by atoms with Crippen molar-refractivity contribution in [3.05, 3.63) is 170 Å². The molecule has 0 saturated heterocycles. The predicted octanol–water partition coefficient (Wildman–Crippen LogP) is 22.7. The van der Waals surface area contributed by atoms with Crippen LogP contribution in [0.5, 0.6) is 0 Å². The van der Waals surface area contributed by atoms with Crippen molar-refractivity contribution >= 4 is 17.9 Å². The van der Waals surface area contributed by atoms with E-state index in [9.17, 15) is 14.4 Å². The molecule has 0 heterocycles. The second-order valence-corrected chi connectivity index (χ2v) is 20.9. The van der Waals surface area contributed by atoms with Gasteiger partial charge in [0.1, 0.15) is 13.2 Å². The molecule has 0 aromatic heterocycles. The molecule has 454 valence electrons. The van der Waals surface area contributed by atoms with Gasteiger partial charge >= 0.3 is 17.9 Å². The first kappa shape index (κ1) is 75.8. The number of carbonyl (C=O) groups is 3. The zero-order chi connectivity index (χ0) is 58.5. The van der Waals surface area contributed by atoms with Gasteiger partial charge in [0.05, 0.1) is 0 Å². The van der Waals surface area contributed by atoms with Crippen molar-refractivity contribution in [1.82, 2.24) is 0 Å². The molecule has 0 aliphatic rings. The van der Waals surface area contributed by atoms with Gasteiger partial charge in [-0.05, 0) is 154 Å². The molecule has 1 atom stereocenters. The van der Waals surface area contributed by atoms with Crippen LogP contribution in [0.15, 0.2) is 170 Å². The topological polar surface area (TPSA) is 78.9 Å². The Balaban J connectivity index is 4.53. The standard InChI is InChI=1S/C75H118O6/c1-4-7-10-13-16-19-22-25-28-30-32-34-35-36-37-38-39-41-42-44-47-50-53-56-59-62-65-68-74(77)80-71-72(70-79-73(76)67-64-61-58-55-52-49-46-27-24-21-18-15-12-9-6-3)81-75(78)69-66-63-60-57-54-51-48-45-43-40-33-31-29-26-23-20-17-14-11-8-5-2/h7-8,10-11,16-17,19-20,25-29,32-34,36-37,39-41,44-48,53,56,72H,4-6,9,12-15,18,21-24,30-31,35,38,42-43,49-52,54-55,57-71H2,1-3H3/b10-7-,11-8-,19-16-,20-17-,28-25-,29-26-,34-32-,37-36-,40-33-,41-39-,46-27-,47-44-,48-45-,56-53-. The van der Waals surface area contributed by atoms with Crippen LogP contribution in [0.25, 0.3) is 0 Å². The Morgan fingerprint density at radius 3 is 0.790 bits per heavy atom. The number of rotatable bonds is 57. The van der Waals surface area contributed by atoms with E-state index in [0.717, 1.165) is 167 Å². The Morgan fingerprint density at radius 2 is 0.481 bits per heavy atom. The van der Waals surface area contributed by atoms with Crippen LogP contribution in [0, 0.1) is 0 Å². The lowest BCUT2D eigenvalue weighted by Crippen LogP contribution is -2.30. The molecule has 0 rings (SSSR count). The predicted molar refractivity (Wildman–Crippen MR) is 352 cm³/mol. The van der Waals surface area contributed by atoms with Gasteiger partial charge in [-0.2, -0.15) is 0 Å². The van der Waals surface area contributed by atoms with Gasteiger partial charge in [0, 0.05) is 19.3 Å². The maximum atomic E-state index is 12.9. The summed E-state index contributed by atoms with van der Waals surface area (Å²) in [7, 11) is 0. The number of hydrogen-bond donors (Lipinski definition) is 0. The fourth-order valence-electron chi connectivity index (χ4n) is 8.36. The Morgan fingerprint density at radius 1 is 0.259 bits per heavy atom. The summed E-state index contributed by atoms with van der Waals surface area (Å²) in [6.07, 6.45) is 99.2. The molecule has 81 heavy (non-hydrogen) atoms. The summed E-state index contributed by atoms with van der Waals surface area (Å²) < 4.78 is 16.9. The SMILES string of the molecule is CC/C=C\C/C=C\C/C=C\C/C=C\C/C=C\C/C=C\C/C=C\C/C=C\CCCCC(=O)OCC(COC(=O)CCCCCCC/C=C\CCCCCCCC)OC(=O)CCCCCCC/C=C\C/C=C\C/C=C\C/C=C\C/C=C\CC. The van der Waals surface area contributed by atoms with Crippen LogP contribution >= 0.6 is 0 Å². The lowest BCUT2D eigenvalue weighted by Gasteiger charge is -2.18. The zero-order valence-electron chi connectivity index (χ0n) is 52.0. The van der Waals surface area contributed by atoms with Crippen molar-refractivity contribution in [2.24, 2.45) is 0 Å². The normalized spacial score (nSPS) is 13.3. The van der Waals surface area contributed by atoms with Gasteiger partial charge in [-0.15, -0.1) is 0 Å². The average molecular weight is 1120 g/mol. The number of hydrogen-bond acceptors (Lipinski definition) is 6. The minimum Gasteiger partial charge on any atom is -0.462 e. The van der Waals surface area contributed by atoms with Crippen molar-refractivity contribution in [2.45, 2.75) is 271 Å². The summed E-state index contributed by atoms with van der Waals surface area (Å²) in [6, 6.07) is 0. The van der Waals surface area contributed by atoms with Crippen molar-refractivity contribution in [3.63, 3.8) is 0 Å². The number of unbranched alkanes of at least 4 members (excludes halogenated alkanes) is 18. The molecule has 0 aliphatic heterocycles. The first-order valence-corrected chi connectivity index (χ1v) is 32.6. The number of ether oxygens (including phenoxy) is 3. The van der Waals surface area contributed by atoms with E-state index in [2.05, 4.69) is 191 Å². The van der Waals surface area contributed by atoms with Crippen LogP contribution in [0.1, 0.15) is 265 Å². The van der Waals surface area contributed by atoms with Crippen molar-refractivity contribution in [1.29, 1.82) is 0 Å². The first-order chi connectivity index (χ1) is 40.0. The maximum absolute atomic E-state index is 12.9. The highest BCUT2D eigenvalue weighted by Gasteiger charge is 2.19. The number of esters is 3. The summed E-state index contributed by atoms with van der Waals surface area (Å²) in [5.41, 5.74) is 0. The van der Waals surface area contributed by atoms with Gasteiger partial charge in [-0.1, -0.05) is 262 Å². The van der Waals surface area contributed by atoms with Gasteiger partial charge in [-0.3, -0.25) is 14.4 Å². The van der Waals surface area contributed by atoms with Crippen molar-refractivity contribution < 1.29 is 28.6 Å². The van der Waals surface area contributed by atoms with E-state index in [1.165, 1.54) is 51.4 Å². The monoisotopic (exact) mass is 1110 g/mol. The first-order valence-electron chi connectivity index (χ1n) is 32.6. The third-order valence-electron chi connectivity index (χ3n) is 13.2. The minimum absolute atomic E-state index is 0.112. The molecular weight excluding hydrogens is 997 g/mol. The highest BCUT2D eigenvalue weighted by atomic mass is 16.6. The quantitative estimate of drug-likeness (QED) is 0.0261. The lowest BCUT2D eigenvalue weighted by atomic mass is 10.1. The Labute approximate surface area is 498 Å². The Kier molecular flexibility index (Phi) is 62.9. The second-order valence-electron chi connectivity index (χ2n) is 20.9. The zero-order valence-corrected chi connectivity index (χ0v) is 52.0. The molecular formula is C75H118O6. The molecule has 0 aromatic carbocycles. The molecule has 0 bridgehead atoms. The number of carbonyl (C=O) groups excluding carboxylic acids is 3. The summed E-state index contributed by atoms with van der Waals surface area (Å²) in [4.78, 5) is 38.4. The molecule has 0 aromatic rings. The van der Waals surface area contributed by atoms with Crippen LogP contribution in [0.2, 0.25) is 0 Å². The van der Waals surface area contributed by atoms with Crippen LogP contribution < -0.4 is 0 Å². The van der Waals surface area contributed by atoms with E-state index in [0.29, 0.717) is 12.8 Å². The van der Waals surface area contributed by atoms with Crippen LogP contribution in [0.4, 0.5) is 0 Å². The van der Waals surface area contributed by atoms with Crippen LogP contribution in [0.3, 0.4) is 0 Å². The fraction of sp³-hybridized carbons (Fsp3) is 0.587. The highest BCUT2D eigenvalue weighted by molar-refractivity contribution is 5.71. The summed E-state index contributed by atoms with van der Waals surface area (Å²) in [5.74, 6) is -0.988. The van der Waals surface area contributed by atoms with Gasteiger partial charge < -0.3 is 14.2 Å². The molecule has 0 fully saturated rings. The fourth-order valence-corrected chi connectivity index (χ4v) is 8.36. The van der Waals surface area contributed by atoms with Gasteiger partial charge in [0.15, 0.2) is 6.10 Å². The Bertz CT molecular complexity index is 1860. The highest BCUT2D eigenvalue weighted by Crippen LogP contribution is 2.14.